The highest BCUT2D eigenvalue weighted by Gasteiger charge is 2.40. The van der Waals surface area contributed by atoms with Gasteiger partial charge >= 0.3 is 0 Å². The molecule has 1 aromatic rings. The smallest absolute Gasteiger partial charge is 0.192 e. The number of hydrogen-bond acceptors (Lipinski definition) is 3. The van der Waals surface area contributed by atoms with Crippen LogP contribution in [0, 0.1) is 18.3 Å². The van der Waals surface area contributed by atoms with Crippen LogP contribution in [-0.4, -0.2) is 28.1 Å². The van der Waals surface area contributed by atoms with Gasteiger partial charge in [-0.3, -0.25) is 0 Å². The largest absolute Gasteiger partial charge is 0.497 e. The topological polar surface area (TPSA) is 27.7 Å². The summed E-state index contributed by atoms with van der Waals surface area (Å²) in [5, 5.41) is 0.148. The molecule has 0 radical (unpaired) electrons. The van der Waals surface area contributed by atoms with Crippen molar-refractivity contribution in [3.05, 3.63) is 29.8 Å². The van der Waals surface area contributed by atoms with E-state index in [9.17, 15) is 0 Å². The minimum Gasteiger partial charge on any atom is -0.497 e. The van der Waals surface area contributed by atoms with Crippen LogP contribution in [0.15, 0.2) is 24.3 Å². The van der Waals surface area contributed by atoms with Gasteiger partial charge in [-0.15, -0.1) is 12.3 Å². The molecule has 0 amide bonds. The molecular weight excluding hydrogens is 316 g/mol. The first kappa shape index (κ1) is 20.8. The van der Waals surface area contributed by atoms with Gasteiger partial charge in [-0.25, -0.2) is 0 Å². The van der Waals surface area contributed by atoms with Gasteiger partial charge in [0.2, 0.25) is 0 Å². The van der Waals surface area contributed by atoms with E-state index in [0.29, 0.717) is 13.2 Å². The molecule has 0 aliphatic rings. The molecule has 3 nitrogen and oxygen atoms in total. The summed E-state index contributed by atoms with van der Waals surface area (Å²) in [5.74, 6) is 3.67. The maximum absolute atomic E-state index is 6.48. The molecule has 0 aliphatic carbocycles. The van der Waals surface area contributed by atoms with Crippen LogP contribution < -0.4 is 4.74 Å². The second kappa shape index (κ2) is 8.71. The Morgan fingerprint density at radius 3 is 2.21 bits per heavy atom. The quantitative estimate of drug-likeness (QED) is 0.495. The van der Waals surface area contributed by atoms with Crippen molar-refractivity contribution in [3.8, 4) is 18.1 Å². The number of benzene rings is 1. The van der Waals surface area contributed by atoms with Gasteiger partial charge in [0.15, 0.2) is 8.32 Å². The molecular formula is C20H32O3Si. The minimum absolute atomic E-state index is 0.0231. The van der Waals surface area contributed by atoms with E-state index in [0.717, 1.165) is 11.3 Å². The zero-order valence-corrected chi connectivity index (χ0v) is 17.2. The summed E-state index contributed by atoms with van der Waals surface area (Å²) in [5.41, 5.74) is 1.11. The number of terminal acetylenes is 1. The highest BCUT2D eigenvalue weighted by Crippen LogP contribution is 2.38. The SMILES string of the molecule is C#C[C@H](C)[C@H](COCc1ccc(OC)cc1)O[Si](C)(C)C(C)(C)C. The summed E-state index contributed by atoms with van der Waals surface area (Å²) in [4.78, 5) is 0. The Morgan fingerprint density at radius 1 is 1.17 bits per heavy atom. The van der Waals surface area contributed by atoms with Crippen molar-refractivity contribution in [2.24, 2.45) is 5.92 Å². The Kier molecular flexibility index (Phi) is 7.53. The van der Waals surface area contributed by atoms with Gasteiger partial charge in [-0.05, 0) is 42.8 Å². The lowest BCUT2D eigenvalue weighted by molar-refractivity contribution is 0.0200. The van der Waals surface area contributed by atoms with E-state index in [1.54, 1.807) is 7.11 Å². The Bertz CT molecular complexity index is 537. The highest BCUT2D eigenvalue weighted by molar-refractivity contribution is 6.74. The predicted octanol–water partition coefficient (Wildman–Crippen LogP) is 4.87. The Balaban J connectivity index is 2.65. The lowest BCUT2D eigenvalue weighted by Crippen LogP contribution is -2.46. The third kappa shape index (κ3) is 5.97. The molecule has 2 atom stereocenters. The molecule has 0 heterocycles. The van der Waals surface area contributed by atoms with E-state index >= 15 is 0 Å². The van der Waals surface area contributed by atoms with Gasteiger partial charge in [0, 0.05) is 5.92 Å². The molecule has 4 heteroatoms. The second-order valence-electron chi connectivity index (χ2n) is 7.74. The zero-order valence-electron chi connectivity index (χ0n) is 16.2. The average Bonchev–Trinajstić information content (AvgIpc) is 2.52. The van der Waals surface area contributed by atoms with Crippen molar-refractivity contribution in [1.82, 2.24) is 0 Å². The van der Waals surface area contributed by atoms with Gasteiger partial charge in [-0.2, -0.15) is 0 Å². The standard InChI is InChI=1S/C20H32O3Si/c1-9-16(2)19(23-24(7,8)20(3,4)5)15-22-14-17-10-12-18(21-6)13-11-17/h1,10-13,16,19H,14-15H2,2-8H3/t16-,19-/m0/s1. The molecule has 0 N–H and O–H groups in total. The molecule has 24 heavy (non-hydrogen) atoms. The highest BCUT2D eigenvalue weighted by atomic mass is 28.4. The Morgan fingerprint density at radius 2 is 1.75 bits per heavy atom. The van der Waals surface area contributed by atoms with Crippen LogP contribution in [0.5, 0.6) is 5.75 Å². The molecule has 1 rings (SSSR count). The van der Waals surface area contributed by atoms with E-state index in [1.165, 1.54) is 0 Å². The fraction of sp³-hybridized carbons (Fsp3) is 0.600. The molecule has 0 bridgehead atoms. The van der Waals surface area contributed by atoms with Crippen molar-refractivity contribution < 1.29 is 13.9 Å². The van der Waals surface area contributed by atoms with Crippen LogP contribution in [0.1, 0.15) is 33.3 Å². The summed E-state index contributed by atoms with van der Waals surface area (Å²) < 4.78 is 17.5. The van der Waals surface area contributed by atoms with Crippen molar-refractivity contribution in [2.45, 2.75) is 58.5 Å². The van der Waals surface area contributed by atoms with Crippen LogP contribution in [0.25, 0.3) is 0 Å². The monoisotopic (exact) mass is 348 g/mol. The summed E-state index contributed by atoms with van der Waals surface area (Å²) in [7, 11) is -0.219. The first-order chi connectivity index (χ1) is 11.1. The lowest BCUT2D eigenvalue weighted by atomic mass is 10.1. The molecule has 0 aliphatic heterocycles. The van der Waals surface area contributed by atoms with Crippen molar-refractivity contribution in [2.75, 3.05) is 13.7 Å². The van der Waals surface area contributed by atoms with E-state index in [4.69, 9.17) is 20.3 Å². The fourth-order valence-corrected chi connectivity index (χ4v) is 3.34. The summed E-state index contributed by atoms with van der Waals surface area (Å²) in [6, 6.07) is 7.89. The summed E-state index contributed by atoms with van der Waals surface area (Å²) in [6.07, 6.45) is 5.56. The van der Waals surface area contributed by atoms with E-state index in [1.807, 2.05) is 31.2 Å². The van der Waals surface area contributed by atoms with Gasteiger partial charge in [-0.1, -0.05) is 32.9 Å². The number of rotatable bonds is 8. The van der Waals surface area contributed by atoms with E-state index in [-0.39, 0.29) is 17.1 Å². The molecule has 0 unspecified atom stereocenters. The van der Waals surface area contributed by atoms with Crippen LogP contribution >= 0.6 is 0 Å². The molecule has 0 saturated heterocycles. The van der Waals surface area contributed by atoms with Crippen molar-refractivity contribution in [1.29, 1.82) is 0 Å². The third-order valence-electron chi connectivity index (χ3n) is 4.78. The summed E-state index contributed by atoms with van der Waals surface area (Å²) in [6.45, 7) is 14.2. The van der Waals surface area contributed by atoms with Crippen LogP contribution in [-0.2, 0) is 15.8 Å². The van der Waals surface area contributed by atoms with E-state index in [2.05, 4.69) is 39.8 Å². The van der Waals surface area contributed by atoms with E-state index < -0.39 is 8.32 Å². The van der Waals surface area contributed by atoms with Crippen molar-refractivity contribution >= 4 is 8.32 Å². The number of ether oxygens (including phenoxy) is 2. The predicted molar refractivity (Wildman–Crippen MR) is 103 cm³/mol. The minimum atomic E-state index is -1.88. The number of hydrogen-bond donors (Lipinski definition) is 0. The third-order valence-corrected chi connectivity index (χ3v) is 9.29. The fourth-order valence-electron chi connectivity index (χ4n) is 1.96. The van der Waals surface area contributed by atoms with Crippen molar-refractivity contribution in [3.63, 3.8) is 0 Å². The van der Waals surface area contributed by atoms with Gasteiger partial charge in [0.25, 0.3) is 0 Å². The van der Waals surface area contributed by atoms with Crippen LogP contribution in [0.4, 0.5) is 0 Å². The normalized spacial score (nSPS) is 14.8. The lowest BCUT2D eigenvalue weighted by Gasteiger charge is -2.40. The molecule has 0 saturated carbocycles. The molecule has 1 aromatic carbocycles. The Labute approximate surface area is 148 Å². The first-order valence-electron chi connectivity index (χ1n) is 8.45. The number of methoxy groups -OCH3 is 1. The second-order valence-corrected chi connectivity index (χ2v) is 12.5. The zero-order chi connectivity index (χ0) is 18.4. The molecule has 134 valence electrons. The molecule has 0 aromatic heterocycles. The van der Waals surface area contributed by atoms with Crippen LogP contribution in [0.2, 0.25) is 18.1 Å². The molecule has 0 spiro atoms. The Hall–Kier alpha value is -1.28. The van der Waals surface area contributed by atoms with Gasteiger partial charge in [0.05, 0.1) is 26.4 Å². The first-order valence-corrected chi connectivity index (χ1v) is 11.4. The maximum Gasteiger partial charge on any atom is 0.192 e. The van der Waals surface area contributed by atoms with Gasteiger partial charge < -0.3 is 13.9 Å². The van der Waals surface area contributed by atoms with Gasteiger partial charge in [0.1, 0.15) is 5.75 Å². The molecule has 0 fully saturated rings. The summed E-state index contributed by atoms with van der Waals surface area (Å²) >= 11 is 0. The average molecular weight is 349 g/mol. The van der Waals surface area contributed by atoms with Crippen LogP contribution in [0.3, 0.4) is 0 Å². The maximum atomic E-state index is 6.48.